The Morgan fingerprint density at radius 1 is 1.33 bits per heavy atom. The Labute approximate surface area is 159 Å². The third-order valence-corrected chi connectivity index (χ3v) is 4.16. The Morgan fingerprint density at radius 3 is 2.70 bits per heavy atom. The van der Waals surface area contributed by atoms with E-state index in [0.717, 1.165) is 10.2 Å². The minimum Gasteiger partial charge on any atom is -0.359 e. The number of aryl methyl sites for hydroxylation is 1. The van der Waals surface area contributed by atoms with E-state index in [0.29, 0.717) is 22.1 Å². The predicted molar refractivity (Wildman–Crippen MR) is 91.5 cm³/mol. The van der Waals surface area contributed by atoms with Crippen molar-refractivity contribution in [2.45, 2.75) is 19.1 Å². The first-order valence-electron chi connectivity index (χ1n) is 7.66. The number of nitrogens with zero attached hydrogens (tertiary/aromatic N) is 4. The maximum atomic E-state index is 12.7. The first-order valence-corrected chi connectivity index (χ1v) is 8.45. The molecule has 0 aliphatic heterocycles. The van der Waals surface area contributed by atoms with Crippen LogP contribution in [-0.4, -0.2) is 25.8 Å². The van der Waals surface area contributed by atoms with Crippen LogP contribution in [0.25, 0.3) is 11.3 Å². The Morgan fingerprint density at radius 2 is 2.07 bits per heavy atom. The fraction of sp³-hybridized carbons (Fsp3) is 0.250. The smallest absolute Gasteiger partial charge is 0.359 e. The summed E-state index contributed by atoms with van der Waals surface area (Å²) >= 11 is 3.26. The Hall–Kier alpha value is -2.69. The molecule has 1 atom stereocenters. The van der Waals surface area contributed by atoms with Gasteiger partial charge in [0, 0.05) is 30.9 Å². The molecular weight excluding hydrogens is 431 g/mol. The molecular formula is C16H13BrF3N5O2. The molecule has 1 N–H and O–H groups in total. The zero-order valence-corrected chi connectivity index (χ0v) is 15.7. The van der Waals surface area contributed by atoms with E-state index in [-0.39, 0.29) is 5.69 Å². The van der Waals surface area contributed by atoms with Gasteiger partial charge in [-0.1, -0.05) is 5.16 Å². The second-order valence-corrected chi connectivity index (χ2v) is 6.53. The minimum absolute atomic E-state index is 0.216. The molecule has 0 aromatic carbocycles. The van der Waals surface area contributed by atoms with Crippen LogP contribution in [0.2, 0.25) is 0 Å². The predicted octanol–water partition coefficient (Wildman–Crippen LogP) is 3.74. The lowest BCUT2D eigenvalue weighted by molar-refractivity contribution is -0.141. The molecule has 0 aliphatic carbocycles. The monoisotopic (exact) mass is 443 g/mol. The van der Waals surface area contributed by atoms with Crippen molar-refractivity contribution in [3.05, 3.63) is 52.2 Å². The van der Waals surface area contributed by atoms with Crippen LogP contribution in [0.15, 0.2) is 39.6 Å². The van der Waals surface area contributed by atoms with Crippen LogP contribution in [0, 0.1) is 0 Å². The molecule has 0 bridgehead atoms. The zero-order valence-electron chi connectivity index (χ0n) is 14.1. The van der Waals surface area contributed by atoms with Crippen LogP contribution in [0.5, 0.6) is 0 Å². The summed E-state index contributed by atoms with van der Waals surface area (Å²) in [5.41, 5.74) is -0.0547. The van der Waals surface area contributed by atoms with Gasteiger partial charge in [0.15, 0.2) is 11.5 Å². The largest absolute Gasteiger partial charge is 0.435 e. The fourth-order valence-corrected chi connectivity index (χ4v) is 2.72. The number of alkyl halides is 3. The highest BCUT2D eigenvalue weighted by atomic mass is 79.9. The topological polar surface area (TPSA) is 85.8 Å². The molecule has 0 saturated carbocycles. The molecule has 1 amide bonds. The molecule has 3 rings (SSSR count). The lowest BCUT2D eigenvalue weighted by Gasteiger charge is -2.10. The number of pyridine rings is 1. The normalized spacial score (nSPS) is 12.8. The quantitative estimate of drug-likeness (QED) is 0.620. The summed E-state index contributed by atoms with van der Waals surface area (Å²) in [7, 11) is 1.27. The number of rotatable bonds is 4. The van der Waals surface area contributed by atoms with Crippen molar-refractivity contribution in [3.8, 4) is 11.3 Å². The summed E-state index contributed by atoms with van der Waals surface area (Å²) < 4.78 is 44.9. The van der Waals surface area contributed by atoms with E-state index < -0.39 is 23.8 Å². The molecule has 0 aliphatic rings. The molecule has 0 fully saturated rings. The highest BCUT2D eigenvalue weighted by Crippen LogP contribution is 2.29. The third-order valence-electron chi connectivity index (χ3n) is 3.73. The number of carbonyl (C=O) groups excluding carboxylic acids is 1. The van der Waals surface area contributed by atoms with Crippen molar-refractivity contribution < 1.29 is 22.5 Å². The van der Waals surface area contributed by atoms with Gasteiger partial charge in [0.2, 0.25) is 0 Å². The van der Waals surface area contributed by atoms with Gasteiger partial charge in [-0.15, -0.1) is 0 Å². The summed E-state index contributed by atoms with van der Waals surface area (Å²) in [6.07, 6.45) is -3.03. The Balaban J connectivity index is 1.75. The SMILES string of the molecule is C[C@H](NC(=O)c1cc(C(F)(F)F)nn1C)c1cc(-c2ccnc(Br)c2)no1. The van der Waals surface area contributed by atoms with Crippen molar-refractivity contribution >= 4 is 21.8 Å². The van der Waals surface area contributed by atoms with Crippen LogP contribution < -0.4 is 5.32 Å². The lowest BCUT2D eigenvalue weighted by Crippen LogP contribution is -2.28. The molecule has 11 heteroatoms. The highest BCUT2D eigenvalue weighted by Gasteiger charge is 2.35. The van der Waals surface area contributed by atoms with E-state index in [1.54, 1.807) is 31.3 Å². The van der Waals surface area contributed by atoms with Crippen molar-refractivity contribution in [3.63, 3.8) is 0 Å². The van der Waals surface area contributed by atoms with Gasteiger partial charge < -0.3 is 9.84 Å². The number of aromatic nitrogens is 4. The van der Waals surface area contributed by atoms with E-state index in [9.17, 15) is 18.0 Å². The van der Waals surface area contributed by atoms with Crippen molar-refractivity contribution in [2.24, 2.45) is 7.05 Å². The molecule has 142 valence electrons. The molecule has 7 nitrogen and oxygen atoms in total. The number of hydrogen-bond acceptors (Lipinski definition) is 5. The Bertz CT molecular complexity index is 983. The standard InChI is InChI=1S/C16H13BrF3N5O2/c1-8(12-6-10(24-27-12)9-3-4-21-14(17)5-9)22-15(26)11-7-13(16(18,19)20)23-25(11)2/h3-8H,1-2H3,(H,22,26)/t8-/m0/s1. The van der Waals surface area contributed by atoms with Gasteiger partial charge in [0.1, 0.15) is 16.0 Å². The maximum absolute atomic E-state index is 12.7. The fourth-order valence-electron chi connectivity index (χ4n) is 2.35. The van der Waals surface area contributed by atoms with Crippen molar-refractivity contribution in [1.82, 2.24) is 25.2 Å². The number of carbonyl (C=O) groups is 1. The van der Waals surface area contributed by atoms with Gasteiger partial charge in [0.05, 0.1) is 6.04 Å². The van der Waals surface area contributed by atoms with Crippen molar-refractivity contribution in [2.75, 3.05) is 0 Å². The average Bonchev–Trinajstić information content (AvgIpc) is 3.21. The van der Waals surface area contributed by atoms with E-state index in [1.807, 2.05) is 0 Å². The third kappa shape index (κ3) is 4.18. The van der Waals surface area contributed by atoms with Crippen molar-refractivity contribution in [1.29, 1.82) is 0 Å². The molecule has 3 aromatic rings. The summed E-state index contributed by atoms with van der Waals surface area (Å²) in [6.45, 7) is 1.63. The molecule has 0 radical (unpaired) electrons. The summed E-state index contributed by atoms with van der Waals surface area (Å²) in [5.74, 6) is -0.359. The molecule has 0 spiro atoms. The molecule has 3 aromatic heterocycles. The van der Waals surface area contributed by atoms with E-state index in [1.165, 1.54) is 7.05 Å². The van der Waals surface area contributed by atoms with Gasteiger partial charge in [0.25, 0.3) is 5.91 Å². The molecule has 3 heterocycles. The van der Waals surface area contributed by atoms with Crippen LogP contribution in [0.1, 0.15) is 34.9 Å². The second-order valence-electron chi connectivity index (χ2n) is 5.71. The van der Waals surface area contributed by atoms with Gasteiger partial charge in [-0.3, -0.25) is 9.48 Å². The zero-order chi connectivity index (χ0) is 19.8. The first-order chi connectivity index (χ1) is 12.6. The molecule has 27 heavy (non-hydrogen) atoms. The van der Waals surface area contributed by atoms with E-state index in [4.69, 9.17) is 4.52 Å². The summed E-state index contributed by atoms with van der Waals surface area (Å²) in [4.78, 5) is 16.3. The van der Waals surface area contributed by atoms with Gasteiger partial charge in [-0.2, -0.15) is 18.3 Å². The van der Waals surface area contributed by atoms with Gasteiger partial charge in [-0.25, -0.2) is 4.98 Å². The van der Waals surface area contributed by atoms with Crippen LogP contribution in [0.4, 0.5) is 13.2 Å². The number of hydrogen-bond donors (Lipinski definition) is 1. The highest BCUT2D eigenvalue weighted by molar-refractivity contribution is 9.10. The van der Waals surface area contributed by atoms with E-state index >= 15 is 0 Å². The van der Waals surface area contributed by atoms with Crippen LogP contribution in [0.3, 0.4) is 0 Å². The lowest BCUT2D eigenvalue weighted by atomic mass is 10.1. The van der Waals surface area contributed by atoms with Gasteiger partial charge >= 0.3 is 6.18 Å². The number of halogens is 4. The molecule has 0 unspecified atom stereocenters. The first kappa shape index (κ1) is 19.1. The number of nitrogens with one attached hydrogen (secondary N) is 1. The summed E-state index contributed by atoms with van der Waals surface area (Å²) in [6, 6.07) is 5.20. The van der Waals surface area contributed by atoms with Gasteiger partial charge in [-0.05, 0) is 35.0 Å². The maximum Gasteiger partial charge on any atom is 0.435 e. The van der Waals surface area contributed by atoms with E-state index in [2.05, 4.69) is 36.5 Å². The summed E-state index contributed by atoms with van der Waals surface area (Å²) in [5, 5.41) is 9.83. The average molecular weight is 444 g/mol. The minimum atomic E-state index is -4.62. The number of amides is 1. The molecule has 0 saturated heterocycles. The Kier molecular flexibility index (Phi) is 5.05. The second kappa shape index (κ2) is 7.14. The van der Waals surface area contributed by atoms with Crippen LogP contribution >= 0.6 is 15.9 Å². The van der Waals surface area contributed by atoms with Crippen LogP contribution in [-0.2, 0) is 13.2 Å².